The van der Waals surface area contributed by atoms with Crippen LogP contribution in [0.25, 0.3) is 6.08 Å². The van der Waals surface area contributed by atoms with Gasteiger partial charge in [-0.3, -0.25) is 4.79 Å². The summed E-state index contributed by atoms with van der Waals surface area (Å²) in [5, 5.41) is 12.7. The standard InChI is InChI=1S/C25H20BrClN2O3/c1-2-31-24-14-17(7-12-23(24)32-16-18-5-3-4-6-22(18)26)13-19(15-28)25(30)29-21-10-8-20(27)9-11-21/h3-14H,2,16H2,1H3,(H,29,30)/b19-13+. The monoisotopic (exact) mass is 510 g/mol. The molecule has 3 aromatic rings. The Morgan fingerprint density at radius 2 is 1.84 bits per heavy atom. The molecule has 0 heterocycles. The van der Waals surface area contributed by atoms with E-state index in [1.807, 2.05) is 37.3 Å². The zero-order valence-electron chi connectivity index (χ0n) is 17.3. The van der Waals surface area contributed by atoms with Crippen molar-refractivity contribution in [3.05, 3.63) is 92.9 Å². The van der Waals surface area contributed by atoms with E-state index in [0.29, 0.717) is 41.0 Å². The first-order valence-electron chi connectivity index (χ1n) is 9.82. The number of hydrogen-bond donors (Lipinski definition) is 1. The first kappa shape index (κ1) is 23.4. The van der Waals surface area contributed by atoms with Crippen molar-refractivity contribution in [2.24, 2.45) is 0 Å². The lowest BCUT2D eigenvalue weighted by Crippen LogP contribution is -2.13. The predicted molar refractivity (Wildman–Crippen MR) is 130 cm³/mol. The summed E-state index contributed by atoms with van der Waals surface area (Å²) in [4.78, 5) is 12.5. The van der Waals surface area contributed by atoms with Crippen LogP contribution in [0.3, 0.4) is 0 Å². The smallest absolute Gasteiger partial charge is 0.266 e. The van der Waals surface area contributed by atoms with Gasteiger partial charge < -0.3 is 14.8 Å². The first-order valence-corrected chi connectivity index (χ1v) is 11.0. The van der Waals surface area contributed by atoms with Gasteiger partial charge in [-0.2, -0.15) is 5.26 Å². The summed E-state index contributed by atoms with van der Waals surface area (Å²) < 4.78 is 12.6. The van der Waals surface area contributed by atoms with Crippen molar-refractivity contribution >= 4 is 45.2 Å². The summed E-state index contributed by atoms with van der Waals surface area (Å²) in [5.74, 6) is 0.592. The SMILES string of the molecule is CCOc1cc(/C=C(\C#N)C(=O)Nc2ccc(Cl)cc2)ccc1OCc1ccccc1Br. The Labute approximate surface area is 200 Å². The molecule has 0 saturated heterocycles. The van der Waals surface area contributed by atoms with Crippen LogP contribution in [0.15, 0.2) is 76.8 Å². The molecule has 0 aliphatic heterocycles. The maximum Gasteiger partial charge on any atom is 0.266 e. The Hall–Kier alpha value is -3.27. The average molecular weight is 512 g/mol. The Morgan fingerprint density at radius 3 is 2.53 bits per heavy atom. The second kappa shape index (κ2) is 11.4. The highest BCUT2D eigenvalue weighted by molar-refractivity contribution is 9.10. The number of rotatable bonds is 8. The number of anilines is 1. The predicted octanol–water partition coefficient (Wildman–Crippen LogP) is 6.63. The average Bonchev–Trinajstić information content (AvgIpc) is 2.79. The Morgan fingerprint density at radius 1 is 1.09 bits per heavy atom. The highest BCUT2D eigenvalue weighted by atomic mass is 79.9. The fourth-order valence-corrected chi connectivity index (χ4v) is 3.35. The molecule has 0 radical (unpaired) electrons. The molecule has 0 atom stereocenters. The van der Waals surface area contributed by atoms with Crippen LogP contribution in [0.5, 0.6) is 11.5 Å². The largest absolute Gasteiger partial charge is 0.490 e. The van der Waals surface area contributed by atoms with Crippen LogP contribution in [0, 0.1) is 11.3 Å². The lowest BCUT2D eigenvalue weighted by atomic mass is 10.1. The summed E-state index contributed by atoms with van der Waals surface area (Å²) in [5.41, 5.74) is 2.16. The molecule has 1 N–H and O–H groups in total. The van der Waals surface area contributed by atoms with Crippen LogP contribution in [0.4, 0.5) is 5.69 Å². The maximum absolute atomic E-state index is 12.5. The molecule has 0 unspecified atom stereocenters. The van der Waals surface area contributed by atoms with E-state index < -0.39 is 5.91 Å². The van der Waals surface area contributed by atoms with Crippen molar-refractivity contribution in [2.45, 2.75) is 13.5 Å². The van der Waals surface area contributed by atoms with Gasteiger partial charge in [0.25, 0.3) is 5.91 Å². The summed E-state index contributed by atoms with van der Waals surface area (Å²) in [7, 11) is 0. The Bertz CT molecular complexity index is 1170. The second-order valence-corrected chi connectivity index (χ2v) is 7.94. The minimum Gasteiger partial charge on any atom is -0.490 e. The number of nitrogens with zero attached hydrogens (tertiary/aromatic N) is 1. The molecule has 32 heavy (non-hydrogen) atoms. The van der Waals surface area contributed by atoms with E-state index in [4.69, 9.17) is 21.1 Å². The van der Waals surface area contributed by atoms with E-state index in [1.54, 1.807) is 42.5 Å². The second-order valence-electron chi connectivity index (χ2n) is 6.65. The van der Waals surface area contributed by atoms with Crippen molar-refractivity contribution in [1.29, 1.82) is 5.26 Å². The third-order valence-corrected chi connectivity index (χ3v) is 5.41. The van der Waals surface area contributed by atoms with Crippen molar-refractivity contribution < 1.29 is 14.3 Å². The number of ether oxygens (including phenoxy) is 2. The molecular weight excluding hydrogens is 492 g/mol. The molecule has 0 saturated carbocycles. The lowest BCUT2D eigenvalue weighted by Gasteiger charge is -2.13. The molecule has 5 nitrogen and oxygen atoms in total. The number of carbonyl (C=O) groups excluding carboxylic acids is 1. The van der Waals surface area contributed by atoms with Crippen LogP contribution >= 0.6 is 27.5 Å². The highest BCUT2D eigenvalue weighted by Gasteiger charge is 2.12. The number of nitrogens with one attached hydrogen (secondary N) is 1. The van der Waals surface area contributed by atoms with Crippen molar-refractivity contribution in [2.75, 3.05) is 11.9 Å². The molecule has 3 rings (SSSR count). The minimum absolute atomic E-state index is 0.0377. The van der Waals surface area contributed by atoms with Crippen LogP contribution < -0.4 is 14.8 Å². The zero-order valence-corrected chi connectivity index (χ0v) is 19.6. The molecule has 0 aliphatic rings. The molecule has 162 valence electrons. The molecule has 7 heteroatoms. The molecule has 0 spiro atoms. The number of halogens is 2. The van der Waals surface area contributed by atoms with E-state index in [-0.39, 0.29) is 5.57 Å². The molecule has 0 aromatic heterocycles. The van der Waals surface area contributed by atoms with Crippen LogP contribution in [0.1, 0.15) is 18.1 Å². The van der Waals surface area contributed by atoms with Gasteiger partial charge >= 0.3 is 0 Å². The number of carbonyl (C=O) groups is 1. The van der Waals surface area contributed by atoms with E-state index in [2.05, 4.69) is 21.2 Å². The third kappa shape index (κ3) is 6.36. The maximum atomic E-state index is 12.5. The quantitative estimate of drug-likeness (QED) is 0.272. The molecule has 3 aromatic carbocycles. The topological polar surface area (TPSA) is 71.3 Å². The highest BCUT2D eigenvalue weighted by Crippen LogP contribution is 2.31. The van der Waals surface area contributed by atoms with Crippen molar-refractivity contribution in [3.63, 3.8) is 0 Å². The van der Waals surface area contributed by atoms with E-state index in [1.165, 1.54) is 6.08 Å². The van der Waals surface area contributed by atoms with E-state index in [9.17, 15) is 10.1 Å². The molecule has 0 aliphatic carbocycles. The zero-order chi connectivity index (χ0) is 22.9. The van der Waals surface area contributed by atoms with E-state index in [0.717, 1.165) is 10.0 Å². The van der Waals surface area contributed by atoms with Crippen molar-refractivity contribution in [1.82, 2.24) is 0 Å². The van der Waals surface area contributed by atoms with Gasteiger partial charge in [0.2, 0.25) is 0 Å². The Balaban J connectivity index is 1.78. The lowest BCUT2D eigenvalue weighted by molar-refractivity contribution is -0.112. The number of amides is 1. The fourth-order valence-electron chi connectivity index (χ4n) is 2.82. The van der Waals surface area contributed by atoms with Gasteiger partial charge in [0.1, 0.15) is 18.2 Å². The Kier molecular flexibility index (Phi) is 8.32. The molecule has 0 fully saturated rings. The summed E-state index contributed by atoms with van der Waals surface area (Å²) >= 11 is 9.38. The summed E-state index contributed by atoms with van der Waals surface area (Å²) in [6.45, 7) is 2.69. The first-order chi connectivity index (χ1) is 15.5. The van der Waals surface area contributed by atoms with Crippen LogP contribution in [-0.4, -0.2) is 12.5 Å². The number of benzene rings is 3. The number of hydrogen-bond acceptors (Lipinski definition) is 4. The summed E-state index contributed by atoms with van der Waals surface area (Å²) in [6, 6.07) is 21.7. The van der Waals surface area contributed by atoms with Gasteiger partial charge in [-0.25, -0.2) is 0 Å². The van der Waals surface area contributed by atoms with Crippen LogP contribution in [0.2, 0.25) is 5.02 Å². The van der Waals surface area contributed by atoms with Crippen molar-refractivity contribution in [3.8, 4) is 17.6 Å². The summed E-state index contributed by atoms with van der Waals surface area (Å²) in [6.07, 6.45) is 1.51. The van der Waals surface area contributed by atoms with E-state index >= 15 is 0 Å². The van der Waals surface area contributed by atoms with Gasteiger partial charge in [0.05, 0.1) is 6.61 Å². The van der Waals surface area contributed by atoms with Gasteiger partial charge in [-0.15, -0.1) is 0 Å². The minimum atomic E-state index is -0.512. The molecule has 0 bridgehead atoms. The van der Waals surface area contributed by atoms with Gasteiger partial charge in [-0.1, -0.05) is 51.8 Å². The normalized spacial score (nSPS) is 10.9. The number of nitriles is 1. The van der Waals surface area contributed by atoms with Crippen LogP contribution in [-0.2, 0) is 11.4 Å². The molecule has 1 amide bonds. The fraction of sp³-hybridized carbons (Fsp3) is 0.120. The van der Waals surface area contributed by atoms with Gasteiger partial charge in [0, 0.05) is 20.7 Å². The molecular formula is C25H20BrClN2O3. The van der Waals surface area contributed by atoms with Gasteiger partial charge in [-0.05, 0) is 61.0 Å². The van der Waals surface area contributed by atoms with Gasteiger partial charge in [0.15, 0.2) is 11.5 Å². The third-order valence-electron chi connectivity index (χ3n) is 4.39.